The van der Waals surface area contributed by atoms with Crippen molar-refractivity contribution >= 4 is 11.7 Å². The van der Waals surface area contributed by atoms with Gasteiger partial charge in [0.1, 0.15) is 0 Å². The van der Waals surface area contributed by atoms with Gasteiger partial charge in [-0.1, -0.05) is 31.3 Å². The lowest BCUT2D eigenvalue weighted by Crippen LogP contribution is -2.51. The van der Waals surface area contributed by atoms with Gasteiger partial charge in [-0.05, 0) is 19.3 Å². The van der Waals surface area contributed by atoms with Crippen molar-refractivity contribution in [1.29, 1.82) is 0 Å². The zero-order valence-electron chi connectivity index (χ0n) is 11.8. The first-order valence-electron chi connectivity index (χ1n) is 7.50. The van der Waals surface area contributed by atoms with E-state index in [9.17, 15) is 4.79 Å². The number of carbonyl (C=O) groups is 1. The smallest absolute Gasteiger partial charge is 0.317 e. The molecule has 1 saturated heterocycles. The van der Waals surface area contributed by atoms with Crippen LogP contribution in [-0.2, 0) is 0 Å². The second kappa shape index (κ2) is 6.78. The molecule has 0 radical (unpaired) electrons. The molecule has 2 rings (SSSR count). The molecule has 0 aromatic heterocycles. The summed E-state index contributed by atoms with van der Waals surface area (Å²) in [7, 11) is 0. The van der Waals surface area contributed by atoms with E-state index in [0.29, 0.717) is 25.6 Å². The Balaban J connectivity index is 1.85. The average Bonchev–Trinajstić information content (AvgIpc) is 2.47. The van der Waals surface area contributed by atoms with Crippen molar-refractivity contribution in [2.24, 2.45) is 11.1 Å². The summed E-state index contributed by atoms with van der Waals surface area (Å²) in [5, 5.41) is 15.5. The van der Waals surface area contributed by atoms with Crippen molar-refractivity contribution in [3.8, 4) is 0 Å². The summed E-state index contributed by atoms with van der Waals surface area (Å²) in [5.41, 5.74) is 0.837. The van der Waals surface area contributed by atoms with Gasteiger partial charge in [0.05, 0.1) is 5.71 Å². The maximum absolute atomic E-state index is 12.2. The normalized spacial score (nSPS) is 27.5. The van der Waals surface area contributed by atoms with Crippen molar-refractivity contribution in [1.82, 2.24) is 10.2 Å². The van der Waals surface area contributed by atoms with Gasteiger partial charge in [-0.15, -0.1) is 0 Å². The van der Waals surface area contributed by atoms with Crippen molar-refractivity contribution < 1.29 is 10.0 Å². The van der Waals surface area contributed by atoms with Gasteiger partial charge >= 0.3 is 6.03 Å². The summed E-state index contributed by atoms with van der Waals surface area (Å²) in [6.07, 6.45) is 7.57. The second-order valence-electron chi connectivity index (χ2n) is 5.68. The van der Waals surface area contributed by atoms with Crippen molar-refractivity contribution in [2.45, 2.75) is 57.9 Å². The molecule has 2 amide bonds. The number of rotatable bonds is 2. The van der Waals surface area contributed by atoms with Gasteiger partial charge in [0, 0.05) is 31.5 Å². The minimum atomic E-state index is 0.0577. The molecule has 108 valence electrons. The molecule has 0 spiro atoms. The average molecular weight is 267 g/mol. The number of likely N-dealkylation sites (tertiary alicyclic amines) is 1. The van der Waals surface area contributed by atoms with E-state index in [1.807, 2.05) is 4.90 Å². The highest BCUT2D eigenvalue weighted by atomic mass is 16.4. The number of urea groups is 1. The first-order valence-corrected chi connectivity index (χ1v) is 7.50. The highest BCUT2D eigenvalue weighted by molar-refractivity contribution is 5.89. The summed E-state index contributed by atoms with van der Waals surface area (Å²) in [6.45, 7) is 3.40. The largest absolute Gasteiger partial charge is 0.411 e. The van der Waals surface area contributed by atoms with E-state index >= 15 is 0 Å². The molecular weight excluding hydrogens is 242 g/mol. The first-order chi connectivity index (χ1) is 9.24. The molecule has 5 heteroatoms. The molecule has 0 aromatic carbocycles. The molecule has 0 bridgehead atoms. The molecule has 1 aliphatic heterocycles. The van der Waals surface area contributed by atoms with E-state index in [4.69, 9.17) is 5.21 Å². The number of carbonyl (C=O) groups excluding carboxylic acids is 1. The molecule has 2 aliphatic rings. The molecule has 2 N–H and O–H groups in total. The quantitative estimate of drug-likeness (QED) is 0.596. The molecular formula is C14H25N3O2. The lowest BCUT2D eigenvalue weighted by molar-refractivity contribution is 0.180. The van der Waals surface area contributed by atoms with Crippen LogP contribution in [0.4, 0.5) is 4.79 Å². The number of nitrogens with one attached hydrogen (secondary N) is 1. The Kier molecular flexibility index (Phi) is 5.05. The van der Waals surface area contributed by atoms with Crippen LogP contribution in [0.5, 0.6) is 0 Å². The van der Waals surface area contributed by atoms with Crippen molar-refractivity contribution in [2.75, 3.05) is 13.1 Å². The highest BCUT2D eigenvalue weighted by Crippen LogP contribution is 2.20. The van der Waals surface area contributed by atoms with Gasteiger partial charge in [0.15, 0.2) is 0 Å². The van der Waals surface area contributed by atoms with Crippen molar-refractivity contribution in [3.05, 3.63) is 0 Å². The Morgan fingerprint density at radius 2 is 2.16 bits per heavy atom. The fraction of sp³-hybridized carbons (Fsp3) is 0.857. The maximum atomic E-state index is 12.2. The molecule has 5 nitrogen and oxygen atoms in total. The first kappa shape index (κ1) is 14.2. The van der Waals surface area contributed by atoms with Crippen molar-refractivity contribution in [3.63, 3.8) is 0 Å². The molecule has 19 heavy (non-hydrogen) atoms. The molecule has 0 aromatic rings. The Bertz CT molecular complexity index is 338. The second-order valence-corrected chi connectivity index (χ2v) is 5.68. The van der Waals surface area contributed by atoms with Gasteiger partial charge in [-0.25, -0.2) is 4.79 Å². The number of hydrogen-bond donors (Lipinski definition) is 2. The van der Waals surface area contributed by atoms with E-state index in [0.717, 1.165) is 25.0 Å². The summed E-state index contributed by atoms with van der Waals surface area (Å²) in [5.74, 6) is 0.204. The van der Waals surface area contributed by atoms with E-state index in [1.165, 1.54) is 19.3 Å². The standard InChI is InChI=1S/C14H25N3O2/c1-2-11-10-17(9-8-13(11)16-19)14(18)15-12-6-4-3-5-7-12/h11-12,19H,2-10H2,1H3,(H,15,18). The number of piperidine rings is 1. The van der Waals surface area contributed by atoms with Crippen LogP contribution < -0.4 is 5.32 Å². The summed E-state index contributed by atoms with van der Waals surface area (Å²) in [6, 6.07) is 0.413. The van der Waals surface area contributed by atoms with Crippen LogP contribution in [0.15, 0.2) is 5.16 Å². The van der Waals surface area contributed by atoms with E-state index < -0.39 is 0 Å². The van der Waals surface area contributed by atoms with Crippen LogP contribution in [0.25, 0.3) is 0 Å². The van der Waals surface area contributed by atoms with E-state index in [-0.39, 0.29) is 11.9 Å². The third kappa shape index (κ3) is 3.61. The van der Waals surface area contributed by atoms with Crippen LogP contribution in [0.2, 0.25) is 0 Å². The van der Waals surface area contributed by atoms with Gasteiger partial charge in [-0.3, -0.25) is 0 Å². The fourth-order valence-corrected chi connectivity index (χ4v) is 3.11. The molecule has 1 unspecified atom stereocenters. The van der Waals surface area contributed by atoms with E-state index in [1.54, 1.807) is 0 Å². The van der Waals surface area contributed by atoms with Crippen LogP contribution in [0, 0.1) is 5.92 Å². The SMILES string of the molecule is CCC1CN(C(=O)NC2CCCCC2)CCC1=NO. The lowest BCUT2D eigenvalue weighted by atomic mass is 9.93. The number of amides is 2. The van der Waals surface area contributed by atoms with Gasteiger partial charge in [-0.2, -0.15) is 0 Å². The summed E-state index contributed by atoms with van der Waals surface area (Å²) >= 11 is 0. The molecule has 1 atom stereocenters. The third-order valence-electron chi connectivity index (χ3n) is 4.39. The minimum Gasteiger partial charge on any atom is -0.411 e. The van der Waals surface area contributed by atoms with Crippen LogP contribution >= 0.6 is 0 Å². The fourth-order valence-electron chi connectivity index (χ4n) is 3.11. The highest BCUT2D eigenvalue weighted by Gasteiger charge is 2.28. The lowest BCUT2D eigenvalue weighted by Gasteiger charge is -2.34. The number of nitrogens with zero attached hydrogens (tertiary/aromatic N) is 2. The summed E-state index contributed by atoms with van der Waals surface area (Å²) < 4.78 is 0. The Morgan fingerprint density at radius 3 is 2.79 bits per heavy atom. The van der Waals surface area contributed by atoms with Gasteiger partial charge in [0.2, 0.25) is 0 Å². The van der Waals surface area contributed by atoms with Gasteiger partial charge < -0.3 is 15.4 Å². The summed E-state index contributed by atoms with van der Waals surface area (Å²) in [4.78, 5) is 14.1. The Morgan fingerprint density at radius 1 is 1.42 bits per heavy atom. The zero-order chi connectivity index (χ0) is 13.7. The van der Waals surface area contributed by atoms with Crippen LogP contribution in [0.1, 0.15) is 51.9 Å². The number of hydrogen-bond acceptors (Lipinski definition) is 3. The topological polar surface area (TPSA) is 64.9 Å². The molecule has 2 fully saturated rings. The molecule has 1 aliphatic carbocycles. The Hall–Kier alpha value is -1.26. The molecule has 1 saturated carbocycles. The maximum Gasteiger partial charge on any atom is 0.317 e. The minimum absolute atomic E-state index is 0.0577. The van der Waals surface area contributed by atoms with Gasteiger partial charge in [0.25, 0.3) is 0 Å². The predicted octanol–water partition coefficient (Wildman–Crippen LogP) is 2.59. The third-order valence-corrected chi connectivity index (χ3v) is 4.39. The zero-order valence-corrected chi connectivity index (χ0v) is 11.8. The Labute approximate surface area is 115 Å². The van der Waals surface area contributed by atoms with Crippen LogP contribution in [0.3, 0.4) is 0 Å². The van der Waals surface area contributed by atoms with Crippen LogP contribution in [-0.4, -0.2) is 41.0 Å². The monoisotopic (exact) mass is 267 g/mol. The number of oxime groups is 1. The van der Waals surface area contributed by atoms with E-state index in [2.05, 4.69) is 17.4 Å². The predicted molar refractivity (Wildman–Crippen MR) is 74.6 cm³/mol. The molecule has 1 heterocycles.